The van der Waals surface area contributed by atoms with Crippen molar-refractivity contribution >= 4 is 23.3 Å². The molecule has 0 aliphatic carbocycles. The minimum absolute atomic E-state index is 0. The second kappa shape index (κ2) is 3.62. The highest BCUT2D eigenvalue weighted by Crippen LogP contribution is 2.08. The van der Waals surface area contributed by atoms with Gasteiger partial charge in [0.2, 0.25) is 0 Å². The van der Waals surface area contributed by atoms with Crippen molar-refractivity contribution in [3.63, 3.8) is 0 Å². The van der Waals surface area contributed by atoms with E-state index < -0.39 is 0 Å². The van der Waals surface area contributed by atoms with Gasteiger partial charge in [-0.15, -0.1) is 12.4 Å². The smallest absolute Gasteiger partial charge is 0.250 e. The van der Waals surface area contributed by atoms with E-state index in [1.165, 1.54) is 0 Å². The van der Waals surface area contributed by atoms with E-state index in [0.29, 0.717) is 0 Å². The molecule has 0 N–H and O–H groups in total. The second-order valence-electron chi connectivity index (χ2n) is 2.79. The number of hydrogen-bond acceptors (Lipinski definition) is 1. The van der Waals surface area contributed by atoms with Gasteiger partial charge in [0, 0.05) is 13.1 Å². The molecule has 0 unspecified atom stereocenters. The van der Waals surface area contributed by atoms with Crippen LogP contribution in [0.25, 0.3) is 10.9 Å². The number of para-hydroxylation sites is 1. The van der Waals surface area contributed by atoms with E-state index in [2.05, 4.69) is 0 Å². The molecule has 0 bridgehead atoms. The SMILES string of the molecule is Cl.Cn1c(=O)ccc2ccccc21. The summed E-state index contributed by atoms with van der Waals surface area (Å²) in [5.41, 5.74) is 1.01. The highest BCUT2D eigenvalue weighted by Gasteiger charge is 1.95. The Morgan fingerprint density at radius 2 is 1.77 bits per heavy atom. The minimum atomic E-state index is 0. The van der Waals surface area contributed by atoms with Crippen LogP contribution in [0.1, 0.15) is 0 Å². The lowest BCUT2D eigenvalue weighted by Crippen LogP contribution is -2.14. The normalized spacial score (nSPS) is 9.62. The molecule has 0 fully saturated rings. The fourth-order valence-electron chi connectivity index (χ4n) is 1.33. The van der Waals surface area contributed by atoms with Crippen LogP contribution in [0, 0.1) is 0 Å². The third kappa shape index (κ3) is 1.58. The van der Waals surface area contributed by atoms with E-state index in [1.54, 1.807) is 17.7 Å². The Balaban J connectivity index is 0.000000845. The maximum Gasteiger partial charge on any atom is 0.250 e. The summed E-state index contributed by atoms with van der Waals surface area (Å²) in [6.07, 6.45) is 0. The molecule has 0 atom stereocenters. The van der Waals surface area contributed by atoms with Crippen LogP contribution in [0.15, 0.2) is 41.2 Å². The number of hydrogen-bond donors (Lipinski definition) is 0. The molecule has 3 heteroatoms. The highest BCUT2D eigenvalue weighted by atomic mass is 35.5. The molecule has 1 heterocycles. The van der Waals surface area contributed by atoms with Crippen LogP contribution < -0.4 is 5.56 Å². The predicted molar refractivity (Wildman–Crippen MR) is 56.4 cm³/mol. The van der Waals surface area contributed by atoms with Gasteiger partial charge >= 0.3 is 0 Å². The fourth-order valence-corrected chi connectivity index (χ4v) is 1.33. The predicted octanol–water partition coefficient (Wildman–Crippen LogP) is 1.96. The number of nitrogens with zero attached hydrogens (tertiary/aromatic N) is 1. The van der Waals surface area contributed by atoms with Gasteiger partial charge < -0.3 is 4.57 Å². The topological polar surface area (TPSA) is 22.0 Å². The molecule has 0 aliphatic rings. The number of aromatic nitrogens is 1. The first-order valence-electron chi connectivity index (χ1n) is 3.84. The van der Waals surface area contributed by atoms with Crippen molar-refractivity contribution in [2.24, 2.45) is 7.05 Å². The third-order valence-corrected chi connectivity index (χ3v) is 2.03. The summed E-state index contributed by atoms with van der Waals surface area (Å²) in [4.78, 5) is 11.2. The van der Waals surface area contributed by atoms with Gasteiger partial charge in [-0.2, -0.15) is 0 Å². The summed E-state index contributed by atoms with van der Waals surface area (Å²) in [5.74, 6) is 0. The molecule has 0 saturated heterocycles. The van der Waals surface area contributed by atoms with E-state index in [-0.39, 0.29) is 18.0 Å². The van der Waals surface area contributed by atoms with Crippen molar-refractivity contribution in [1.82, 2.24) is 4.57 Å². The number of halogens is 1. The first kappa shape index (κ1) is 9.81. The maximum absolute atomic E-state index is 11.2. The Bertz CT molecular complexity index is 476. The quantitative estimate of drug-likeness (QED) is 0.630. The van der Waals surface area contributed by atoms with Crippen molar-refractivity contribution in [2.45, 2.75) is 0 Å². The van der Waals surface area contributed by atoms with Crippen LogP contribution in [-0.4, -0.2) is 4.57 Å². The summed E-state index contributed by atoms with van der Waals surface area (Å²) < 4.78 is 1.65. The number of pyridine rings is 1. The molecule has 2 aromatic rings. The van der Waals surface area contributed by atoms with Crippen LogP contribution in [0.3, 0.4) is 0 Å². The van der Waals surface area contributed by atoms with Crippen LogP contribution in [0.5, 0.6) is 0 Å². The van der Waals surface area contributed by atoms with Crippen molar-refractivity contribution in [3.05, 3.63) is 46.8 Å². The Hall–Kier alpha value is -1.28. The van der Waals surface area contributed by atoms with Crippen molar-refractivity contribution in [2.75, 3.05) is 0 Å². The van der Waals surface area contributed by atoms with Crippen molar-refractivity contribution < 1.29 is 0 Å². The molecule has 0 saturated carbocycles. The lowest BCUT2D eigenvalue weighted by Gasteiger charge is -2.01. The molecule has 68 valence electrons. The Morgan fingerprint density at radius 3 is 2.54 bits per heavy atom. The number of fused-ring (bicyclic) bond motifs is 1. The summed E-state index contributed by atoms with van der Waals surface area (Å²) in [6, 6.07) is 11.3. The Kier molecular flexibility index (Phi) is 2.73. The lowest BCUT2D eigenvalue weighted by molar-refractivity contribution is 0.906. The third-order valence-electron chi connectivity index (χ3n) is 2.03. The van der Waals surface area contributed by atoms with Gasteiger partial charge in [-0.05, 0) is 17.5 Å². The summed E-state index contributed by atoms with van der Waals surface area (Å²) in [7, 11) is 1.78. The average Bonchev–Trinajstić information content (AvgIpc) is 2.12. The van der Waals surface area contributed by atoms with Crippen LogP contribution in [-0.2, 0) is 7.05 Å². The second-order valence-corrected chi connectivity index (χ2v) is 2.79. The Labute approximate surface area is 82.2 Å². The van der Waals surface area contributed by atoms with Gasteiger partial charge in [-0.1, -0.05) is 18.2 Å². The highest BCUT2D eigenvalue weighted by molar-refractivity contribution is 5.85. The molecular formula is C10H10ClNO. The van der Waals surface area contributed by atoms with Crippen LogP contribution in [0.4, 0.5) is 0 Å². The molecule has 0 radical (unpaired) electrons. The van der Waals surface area contributed by atoms with Gasteiger partial charge in [-0.25, -0.2) is 0 Å². The van der Waals surface area contributed by atoms with Gasteiger partial charge in [0.15, 0.2) is 0 Å². The van der Waals surface area contributed by atoms with Gasteiger partial charge in [0.25, 0.3) is 5.56 Å². The maximum atomic E-state index is 11.2. The van der Waals surface area contributed by atoms with Crippen molar-refractivity contribution in [3.8, 4) is 0 Å². The molecule has 0 amide bonds. The zero-order valence-electron chi connectivity index (χ0n) is 7.23. The van der Waals surface area contributed by atoms with Gasteiger partial charge in [0.1, 0.15) is 0 Å². The number of aryl methyl sites for hydroxylation is 1. The molecule has 1 aromatic carbocycles. The first-order chi connectivity index (χ1) is 5.79. The monoisotopic (exact) mass is 195 g/mol. The van der Waals surface area contributed by atoms with E-state index in [1.807, 2.05) is 30.3 Å². The molecule has 1 aromatic heterocycles. The molecule has 13 heavy (non-hydrogen) atoms. The first-order valence-corrected chi connectivity index (χ1v) is 3.84. The summed E-state index contributed by atoms with van der Waals surface area (Å²) >= 11 is 0. The molecular weight excluding hydrogens is 186 g/mol. The van der Waals surface area contributed by atoms with Gasteiger partial charge in [0.05, 0.1) is 5.52 Å². The van der Waals surface area contributed by atoms with E-state index in [4.69, 9.17) is 0 Å². The summed E-state index contributed by atoms with van der Waals surface area (Å²) in [5, 5.41) is 1.10. The molecule has 0 spiro atoms. The standard InChI is InChI=1S/C10H9NO.ClH/c1-11-9-5-3-2-4-8(9)6-7-10(11)12;/h2-7H,1H3;1H. The van der Waals surface area contributed by atoms with E-state index in [0.717, 1.165) is 10.9 Å². The fraction of sp³-hybridized carbons (Fsp3) is 0.100. The van der Waals surface area contributed by atoms with Crippen LogP contribution >= 0.6 is 12.4 Å². The molecule has 2 rings (SSSR count). The zero-order valence-corrected chi connectivity index (χ0v) is 8.04. The van der Waals surface area contributed by atoms with Gasteiger partial charge in [-0.3, -0.25) is 4.79 Å². The number of benzene rings is 1. The van der Waals surface area contributed by atoms with Crippen molar-refractivity contribution in [1.29, 1.82) is 0 Å². The summed E-state index contributed by atoms with van der Waals surface area (Å²) in [6.45, 7) is 0. The lowest BCUT2D eigenvalue weighted by atomic mass is 10.2. The van der Waals surface area contributed by atoms with Crippen LogP contribution in [0.2, 0.25) is 0 Å². The Morgan fingerprint density at radius 1 is 1.08 bits per heavy atom. The average molecular weight is 196 g/mol. The minimum Gasteiger partial charge on any atom is -0.311 e. The molecule has 2 nitrogen and oxygen atoms in total. The van der Waals surface area contributed by atoms with E-state index in [9.17, 15) is 4.79 Å². The van der Waals surface area contributed by atoms with E-state index >= 15 is 0 Å². The number of rotatable bonds is 0. The molecule has 0 aliphatic heterocycles. The largest absolute Gasteiger partial charge is 0.311 e. The zero-order chi connectivity index (χ0) is 8.55.